The summed E-state index contributed by atoms with van der Waals surface area (Å²) in [7, 11) is 0. The largest absolute Gasteiger partial charge is 0.506 e. The summed E-state index contributed by atoms with van der Waals surface area (Å²) in [4.78, 5) is 4.19. The predicted molar refractivity (Wildman–Crippen MR) is 68.8 cm³/mol. The number of hydrogen-bond acceptors (Lipinski definition) is 3. The van der Waals surface area contributed by atoms with E-state index in [0.717, 1.165) is 18.2 Å². The fourth-order valence-corrected chi connectivity index (χ4v) is 2.46. The second-order valence-electron chi connectivity index (χ2n) is 5.20. The Morgan fingerprint density at radius 1 is 1.29 bits per heavy atom. The molecular weight excluding hydrogens is 212 g/mol. The van der Waals surface area contributed by atoms with Gasteiger partial charge in [-0.3, -0.25) is 4.98 Å². The maximum Gasteiger partial charge on any atom is 0.133 e. The highest BCUT2D eigenvalue weighted by molar-refractivity contribution is 5.17. The van der Waals surface area contributed by atoms with Gasteiger partial charge in [0.25, 0.3) is 0 Å². The van der Waals surface area contributed by atoms with E-state index in [9.17, 15) is 0 Å². The lowest BCUT2D eigenvalue weighted by molar-refractivity contribution is 0.443. The zero-order valence-electron chi connectivity index (χ0n) is 10.5. The molecule has 17 heavy (non-hydrogen) atoms. The second kappa shape index (κ2) is 6.01. The molecule has 0 saturated heterocycles. The average molecular weight is 234 g/mol. The lowest BCUT2D eigenvalue weighted by Crippen LogP contribution is -2.28. The molecule has 0 aliphatic heterocycles. The Balaban J connectivity index is 1.79. The molecule has 2 rings (SSSR count). The average Bonchev–Trinajstić information content (AvgIpc) is 2.54. The molecule has 0 spiro atoms. The standard InChI is InChI=1S/C14H22N2O/c1-11-3-2-4-12(6-5-11)15-9-13-7-8-14(17)10-16-13/h7-8,10-12,15,17H,2-6,9H2,1H3. The summed E-state index contributed by atoms with van der Waals surface area (Å²) in [5.74, 6) is 1.12. The minimum atomic E-state index is 0.233. The first-order valence-electron chi connectivity index (χ1n) is 6.61. The van der Waals surface area contributed by atoms with Crippen LogP contribution in [0.5, 0.6) is 5.75 Å². The molecule has 1 aromatic heterocycles. The van der Waals surface area contributed by atoms with Gasteiger partial charge in [-0.1, -0.05) is 19.8 Å². The van der Waals surface area contributed by atoms with E-state index >= 15 is 0 Å². The van der Waals surface area contributed by atoms with Crippen molar-refractivity contribution in [1.29, 1.82) is 0 Å². The van der Waals surface area contributed by atoms with Crippen LogP contribution in [0.25, 0.3) is 0 Å². The molecule has 2 atom stereocenters. The Morgan fingerprint density at radius 3 is 2.94 bits per heavy atom. The molecule has 1 aromatic rings. The van der Waals surface area contributed by atoms with E-state index in [0.29, 0.717) is 6.04 Å². The van der Waals surface area contributed by atoms with Crippen LogP contribution in [0.4, 0.5) is 0 Å². The van der Waals surface area contributed by atoms with Crippen LogP contribution in [-0.2, 0) is 6.54 Å². The van der Waals surface area contributed by atoms with Gasteiger partial charge in [0.05, 0.1) is 11.9 Å². The van der Waals surface area contributed by atoms with Crippen LogP contribution in [-0.4, -0.2) is 16.1 Å². The van der Waals surface area contributed by atoms with E-state index in [-0.39, 0.29) is 5.75 Å². The number of nitrogens with zero attached hydrogens (tertiary/aromatic N) is 1. The Morgan fingerprint density at radius 2 is 2.18 bits per heavy atom. The number of nitrogens with one attached hydrogen (secondary N) is 1. The lowest BCUT2D eigenvalue weighted by atomic mass is 10.0. The van der Waals surface area contributed by atoms with Crippen molar-refractivity contribution < 1.29 is 5.11 Å². The molecule has 0 radical (unpaired) electrons. The lowest BCUT2D eigenvalue weighted by Gasteiger charge is -2.16. The van der Waals surface area contributed by atoms with E-state index in [1.54, 1.807) is 6.07 Å². The van der Waals surface area contributed by atoms with Crippen LogP contribution in [0.3, 0.4) is 0 Å². The Kier molecular flexibility index (Phi) is 4.37. The molecule has 2 N–H and O–H groups in total. The minimum Gasteiger partial charge on any atom is -0.506 e. The van der Waals surface area contributed by atoms with Gasteiger partial charge in [0.2, 0.25) is 0 Å². The SMILES string of the molecule is CC1CCCC(NCc2ccc(O)cn2)CC1. The number of hydrogen-bond donors (Lipinski definition) is 2. The van der Waals surface area contributed by atoms with E-state index in [4.69, 9.17) is 5.11 Å². The van der Waals surface area contributed by atoms with Crippen LogP contribution in [0, 0.1) is 5.92 Å². The van der Waals surface area contributed by atoms with Gasteiger partial charge in [-0.05, 0) is 37.3 Å². The minimum absolute atomic E-state index is 0.233. The molecule has 3 heteroatoms. The zero-order chi connectivity index (χ0) is 12.1. The molecule has 0 bridgehead atoms. The summed E-state index contributed by atoms with van der Waals surface area (Å²) in [6.45, 7) is 3.16. The van der Waals surface area contributed by atoms with Gasteiger partial charge in [0.1, 0.15) is 5.75 Å². The van der Waals surface area contributed by atoms with Crippen LogP contribution in [0.15, 0.2) is 18.3 Å². The summed E-state index contributed by atoms with van der Waals surface area (Å²) in [6, 6.07) is 4.21. The van der Waals surface area contributed by atoms with Gasteiger partial charge < -0.3 is 10.4 Å². The number of pyridine rings is 1. The van der Waals surface area contributed by atoms with Crippen molar-refractivity contribution >= 4 is 0 Å². The zero-order valence-corrected chi connectivity index (χ0v) is 10.5. The maximum atomic E-state index is 9.16. The highest BCUT2D eigenvalue weighted by Gasteiger charge is 2.15. The molecule has 1 saturated carbocycles. The smallest absolute Gasteiger partial charge is 0.133 e. The second-order valence-corrected chi connectivity index (χ2v) is 5.20. The number of rotatable bonds is 3. The van der Waals surface area contributed by atoms with Crippen molar-refractivity contribution in [3.63, 3.8) is 0 Å². The summed E-state index contributed by atoms with van der Waals surface area (Å²) >= 11 is 0. The molecule has 3 nitrogen and oxygen atoms in total. The molecule has 2 unspecified atom stereocenters. The number of aromatic nitrogens is 1. The summed E-state index contributed by atoms with van der Waals surface area (Å²) in [6.07, 6.45) is 8.10. The monoisotopic (exact) mass is 234 g/mol. The quantitative estimate of drug-likeness (QED) is 0.790. The van der Waals surface area contributed by atoms with Crippen LogP contribution >= 0.6 is 0 Å². The highest BCUT2D eigenvalue weighted by Crippen LogP contribution is 2.22. The molecule has 1 fully saturated rings. The van der Waals surface area contributed by atoms with Crippen LogP contribution < -0.4 is 5.32 Å². The van der Waals surface area contributed by atoms with Crippen LogP contribution in [0.1, 0.15) is 44.7 Å². The van der Waals surface area contributed by atoms with E-state index in [2.05, 4.69) is 17.2 Å². The molecule has 1 heterocycles. The fraction of sp³-hybridized carbons (Fsp3) is 0.643. The molecular formula is C14H22N2O. The Bertz CT molecular complexity index is 337. The van der Waals surface area contributed by atoms with Gasteiger partial charge in [-0.2, -0.15) is 0 Å². The van der Waals surface area contributed by atoms with E-state index in [1.165, 1.54) is 38.3 Å². The van der Waals surface area contributed by atoms with Crippen molar-refractivity contribution in [3.8, 4) is 5.75 Å². The normalized spacial score (nSPS) is 25.5. The predicted octanol–water partition coefficient (Wildman–Crippen LogP) is 2.85. The Labute approximate surface area is 103 Å². The van der Waals surface area contributed by atoms with E-state index in [1.807, 2.05) is 6.07 Å². The Hall–Kier alpha value is -1.09. The van der Waals surface area contributed by atoms with Crippen molar-refractivity contribution in [2.45, 2.75) is 51.6 Å². The highest BCUT2D eigenvalue weighted by atomic mass is 16.3. The number of aromatic hydroxyl groups is 1. The van der Waals surface area contributed by atoms with Gasteiger partial charge in [0, 0.05) is 12.6 Å². The fourth-order valence-electron chi connectivity index (χ4n) is 2.46. The van der Waals surface area contributed by atoms with Crippen molar-refractivity contribution in [1.82, 2.24) is 10.3 Å². The molecule has 1 aliphatic rings. The molecule has 1 aliphatic carbocycles. The topological polar surface area (TPSA) is 45.1 Å². The third-order valence-electron chi connectivity index (χ3n) is 3.64. The van der Waals surface area contributed by atoms with Gasteiger partial charge in [-0.15, -0.1) is 0 Å². The third-order valence-corrected chi connectivity index (χ3v) is 3.64. The maximum absolute atomic E-state index is 9.16. The first-order chi connectivity index (χ1) is 8.24. The van der Waals surface area contributed by atoms with Gasteiger partial charge >= 0.3 is 0 Å². The molecule has 0 aromatic carbocycles. The molecule has 94 valence electrons. The summed E-state index contributed by atoms with van der Waals surface area (Å²) in [5.41, 5.74) is 1.00. The van der Waals surface area contributed by atoms with Crippen LogP contribution in [0.2, 0.25) is 0 Å². The summed E-state index contributed by atoms with van der Waals surface area (Å²) in [5, 5.41) is 12.7. The molecule has 0 amide bonds. The third kappa shape index (κ3) is 4.00. The van der Waals surface area contributed by atoms with E-state index < -0.39 is 0 Å². The first-order valence-corrected chi connectivity index (χ1v) is 6.61. The van der Waals surface area contributed by atoms with Crippen molar-refractivity contribution in [3.05, 3.63) is 24.0 Å². The van der Waals surface area contributed by atoms with Crippen molar-refractivity contribution in [2.24, 2.45) is 5.92 Å². The van der Waals surface area contributed by atoms with Gasteiger partial charge in [0.15, 0.2) is 0 Å². The van der Waals surface area contributed by atoms with Crippen molar-refractivity contribution in [2.75, 3.05) is 0 Å². The first kappa shape index (κ1) is 12.4. The van der Waals surface area contributed by atoms with Gasteiger partial charge in [-0.25, -0.2) is 0 Å². The summed E-state index contributed by atoms with van der Waals surface area (Å²) < 4.78 is 0.